The first-order chi connectivity index (χ1) is 19.0. The van der Waals surface area contributed by atoms with Gasteiger partial charge in [-0.2, -0.15) is 0 Å². The van der Waals surface area contributed by atoms with Gasteiger partial charge in [0, 0.05) is 33.2 Å². The highest BCUT2D eigenvalue weighted by molar-refractivity contribution is 8.00. The van der Waals surface area contributed by atoms with E-state index in [1.807, 2.05) is 6.07 Å². The predicted molar refractivity (Wildman–Crippen MR) is 157 cm³/mol. The molecule has 2 aromatic carbocycles. The fraction of sp³-hybridized carbons (Fsp3) is 0.345. The van der Waals surface area contributed by atoms with Crippen LogP contribution in [0.2, 0.25) is 0 Å². The molecule has 0 fully saturated rings. The first kappa shape index (κ1) is 29.3. The summed E-state index contributed by atoms with van der Waals surface area (Å²) < 4.78 is 5.04. The molecule has 0 radical (unpaired) electrons. The zero-order chi connectivity index (χ0) is 29.0. The van der Waals surface area contributed by atoms with Gasteiger partial charge in [0.05, 0.1) is 23.3 Å². The maximum absolute atomic E-state index is 12.9. The summed E-state index contributed by atoms with van der Waals surface area (Å²) in [4.78, 5) is 50.5. The second-order valence-electron chi connectivity index (χ2n) is 10.6. The summed E-state index contributed by atoms with van der Waals surface area (Å²) in [5.41, 5.74) is 2.08. The van der Waals surface area contributed by atoms with Crippen molar-refractivity contribution in [3.05, 3.63) is 80.2 Å². The van der Waals surface area contributed by atoms with Crippen molar-refractivity contribution >= 4 is 57.3 Å². The maximum atomic E-state index is 12.9. The summed E-state index contributed by atoms with van der Waals surface area (Å²) in [6, 6.07) is 12.5. The van der Waals surface area contributed by atoms with Gasteiger partial charge in [0.1, 0.15) is 5.00 Å². The van der Waals surface area contributed by atoms with Crippen LogP contribution >= 0.6 is 23.1 Å². The lowest BCUT2D eigenvalue weighted by Gasteiger charge is -2.33. The van der Waals surface area contributed by atoms with Crippen molar-refractivity contribution in [2.45, 2.75) is 44.9 Å². The number of esters is 1. The van der Waals surface area contributed by atoms with E-state index in [9.17, 15) is 24.5 Å². The van der Waals surface area contributed by atoms with Crippen molar-refractivity contribution in [1.82, 2.24) is 0 Å². The number of anilines is 2. The third kappa shape index (κ3) is 6.89. The smallest absolute Gasteiger partial charge is 0.341 e. The number of amides is 2. The molecule has 1 heterocycles. The Morgan fingerprint density at radius 2 is 1.88 bits per heavy atom. The Kier molecular flexibility index (Phi) is 8.95. The van der Waals surface area contributed by atoms with Crippen LogP contribution in [-0.2, 0) is 22.4 Å². The summed E-state index contributed by atoms with van der Waals surface area (Å²) in [7, 11) is 1.35. The Morgan fingerprint density at radius 3 is 2.58 bits per heavy atom. The first-order valence-electron chi connectivity index (χ1n) is 12.8. The SMILES string of the molecule is COC(=O)c1c(NC(=O)CSc2cccc(NC(=O)c3cccc([N+](=O)[O-])c3)c2)sc2c1CCC(C(C)(C)C)C2. The minimum absolute atomic E-state index is 0.0933. The van der Waals surface area contributed by atoms with E-state index in [-0.39, 0.29) is 28.3 Å². The number of nitrogens with one attached hydrogen (secondary N) is 2. The molecule has 1 aliphatic rings. The van der Waals surface area contributed by atoms with Crippen LogP contribution in [-0.4, -0.2) is 35.6 Å². The molecule has 0 saturated heterocycles. The summed E-state index contributed by atoms with van der Waals surface area (Å²) in [6.07, 6.45) is 2.62. The van der Waals surface area contributed by atoms with E-state index in [0.717, 1.165) is 34.6 Å². The molecular formula is C29H31N3O6S2. The van der Waals surface area contributed by atoms with E-state index >= 15 is 0 Å². The fourth-order valence-electron chi connectivity index (χ4n) is 4.67. The highest BCUT2D eigenvalue weighted by Crippen LogP contribution is 2.44. The van der Waals surface area contributed by atoms with Crippen molar-refractivity contribution in [2.24, 2.45) is 11.3 Å². The molecule has 9 nitrogen and oxygen atoms in total. The van der Waals surface area contributed by atoms with Crippen LogP contribution in [0.5, 0.6) is 0 Å². The lowest BCUT2D eigenvalue weighted by molar-refractivity contribution is -0.384. The number of methoxy groups -OCH3 is 1. The molecular weight excluding hydrogens is 550 g/mol. The number of fused-ring (bicyclic) bond motifs is 1. The molecule has 1 aromatic heterocycles. The molecule has 3 aromatic rings. The number of rotatable bonds is 8. The molecule has 210 valence electrons. The summed E-state index contributed by atoms with van der Waals surface area (Å²) in [5.74, 6) is -0.591. The van der Waals surface area contributed by atoms with E-state index in [4.69, 9.17) is 4.74 Å². The number of nitro benzene ring substituents is 1. The molecule has 1 atom stereocenters. The number of thioether (sulfide) groups is 1. The zero-order valence-electron chi connectivity index (χ0n) is 22.7. The molecule has 1 aliphatic carbocycles. The number of benzene rings is 2. The molecule has 4 rings (SSSR count). The summed E-state index contributed by atoms with van der Waals surface area (Å²) in [5, 5.41) is 17.2. The standard InChI is InChI=1S/C29H31N3O6S2/c1-29(2,3)18-11-12-22-23(14-18)40-27(25(22)28(35)38-4)31-24(33)16-39-21-10-6-8-19(15-21)30-26(34)17-7-5-9-20(13-17)32(36)37/h5-10,13,15,18H,11-12,14,16H2,1-4H3,(H,30,34)(H,31,33). The topological polar surface area (TPSA) is 128 Å². The van der Waals surface area contributed by atoms with Crippen LogP contribution in [0.4, 0.5) is 16.4 Å². The monoisotopic (exact) mass is 581 g/mol. The normalized spacial score (nSPS) is 14.7. The van der Waals surface area contributed by atoms with Crippen molar-refractivity contribution in [2.75, 3.05) is 23.5 Å². The molecule has 0 aliphatic heterocycles. The van der Waals surface area contributed by atoms with E-state index in [1.165, 1.54) is 54.5 Å². The van der Waals surface area contributed by atoms with Gasteiger partial charge in [0.2, 0.25) is 5.91 Å². The summed E-state index contributed by atoms with van der Waals surface area (Å²) >= 11 is 2.74. The first-order valence-corrected chi connectivity index (χ1v) is 14.6. The van der Waals surface area contributed by atoms with Gasteiger partial charge < -0.3 is 15.4 Å². The molecule has 2 N–H and O–H groups in total. The van der Waals surface area contributed by atoms with E-state index in [2.05, 4.69) is 31.4 Å². The van der Waals surface area contributed by atoms with E-state index in [1.54, 1.807) is 18.2 Å². The Labute approximate surface area is 240 Å². The van der Waals surface area contributed by atoms with Crippen LogP contribution in [0, 0.1) is 21.4 Å². The lowest BCUT2D eigenvalue weighted by atomic mass is 9.72. The minimum atomic E-state index is -0.554. The van der Waals surface area contributed by atoms with Crippen LogP contribution < -0.4 is 10.6 Å². The predicted octanol–water partition coefficient (Wildman–Crippen LogP) is 6.58. The fourth-order valence-corrected chi connectivity index (χ4v) is 6.76. The van der Waals surface area contributed by atoms with Gasteiger partial charge in [-0.15, -0.1) is 23.1 Å². The average molecular weight is 582 g/mol. The zero-order valence-corrected chi connectivity index (χ0v) is 24.4. The summed E-state index contributed by atoms with van der Waals surface area (Å²) in [6.45, 7) is 6.68. The number of hydrogen-bond donors (Lipinski definition) is 2. The van der Waals surface area contributed by atoms with Crippen molar-refractivity contribution in [1.29, 1.82) is 0 Å². The second-order valence-corrected chi connectivity index (χ2v) is 12.8. The lowest BCUT2D eigenvalue weighted by Crippen LogP contribution is -2.26. The van der Waals surface area contributed by atoms with Gasteiger partial charge in [-0.05, 0) is 60.4 Å². The number of nitro groups is 1. The van der Waals surface area contributed by atoms with Crippen molar-refractivity contribution in [3.63, 3.8) is 0 Å². The molecule has 0 bridgehead atoms. The van der Waals surface area contributed by atoms with E-state index < -0.39 is 16.8 Å². The molecule has 0 spiro atoms. The number of carbonyl (C=O) groups is 3. The number of ether oxygens (including phenoxy) is 1. The molecule has 1 unspecified atom stereocenters. The van der Waals surface area contributed by atoms with Crippen molar-refractivity contribution in [3.8, 4) is 0 Å². The Bertz CT molecular complexity index is 1460. The average Bonchev–Trinajstić information content (AvgIpc) is 3.28. The maximum Gasteiger partial charge on any atom is 0.341 e. The second kappa shape index (κ2) is 12.2. The highest BCUT2D eigenvalue weighted by atomic mass is 32.2. The number of carbonyl (C=O) groups excluding carboxylic acids is 3. The number of thiophene rings is 1. The quantitative estimate of drug-likeness (QED) is 0.133. The van der Waals surface area contributed by atoms with Crippen LogP contribution in [0.15, 0.2) is 53.4 Å². The third-order valence-electron chi connectivity index (χ3n) is 6.91. The molecule has 40 heavy (non-hydrogen) atoms. The Morgan fingerprint density at radius 1 is 1.12 bits per heavy atom. The molecule has 11 heteroatoms. The van der Waals surface area contributed by atoms with E-state index in [0.29, 0.717) is 22.2 Å². The van der Waals surface area contributed by atoms with Crippen LogP contribution in [0.1, 0.15) is 58.3 Å². The van der Waals surface area contributed by atoms with Gasteiger partial charge in [-0.25, -0.2) is 4.79 Å². The Hall–Kier alpha value is -3.70. The van der Waals surface area contributed by atoms with Gasteiger partial charge >= 0.3 is 5.97 Å². The van der Waals surface area contributed by atoms with Crippen LogP contribution in [0.3, 0.4) is 0 Å². The third-order valence-corrected chi connectivity index (χ3v) is 9.08. The van der Waals surface area contributed by atoms with Gasteiger partial charge in [0.15, 0.2) is 0 Å². The number of hydrogen-bond acceptors (Lipinski definition) is 8. The van der Waals surface area contributed by atoms with Gasteiger partial charge in [0.25, 0.3) is 11.6 Å². The number of non-ortho nitro benzene ring substituents is 1. The van der Waals surface area contributed by atoms with Gasteiger partial charge in [-0.3, -0.25) is 19.7 Å². The largest absolute Gasteiger partial charge is 0.465 e. The minimum Gasteiger partial charge on any atom is -0.465 e. The molecule has 0 saturated carbocycles. The van der Waals surface area contributed by atoms with Crippen LogP contribution in [0.25, 0.3) is 0 Å². The highest BCUT2D eigenvalue weighted by Gasteiger charge is 2.34. The molecule has 2 amide bonds. The van der Waals surface area contributed by atoms with Crippen molar-refractivity contribution < 1.29 is 24.0 Å². The van der Waals surface area contributed by atoms with Gasteiger partial charge in [-0.1, -0.05) is 32.9 Å². The number of nitrogens with zero attached hydrogens (tertiary/aromatic N) is 1. The Balaban J connectivity index is 1.41.